The molecule has 1 aromatic rings. The van der Waals surface area contributed by atoms with Gasteiger partial charge >= 0.3 is 6.18 Å². The number of hydrogen-bond acceptors (Lipinski definition) is 5. The normalized spacial score (nSPS) is 18.5. The fraction of sp³-hybridized carbons (Fsp3) is 0.733. The first-order valence-electron chi connectivity index (χ1n) is 8.05. The lowest BCUT2D eigenvalue weighted by Crippen LogP contribution is -2.48. The fourth-order valence-electron chi connectivity index (χ4n) is 2.66. The van der Waals surface area contributed by atoms with E-state index in [-0.39, 0.29) is 11.6 Å². The van der Waals surface area contributed by atoms with Gasteiger partial charge in [0.25, 0.3) is 5.91 Å². The van der Waals surface area contributed by atoms with Crippen LogP contribution in [0.3, 0.4) is 0 Å². The summed E-state index contributed by atoms with van der Waals surface area (Å²) >= 11 is 0.440. The molecule has 0 aliphatic carbocycles. The van der Waals surface area contributed by atoms with Crippen LogP contribution in [0.4, 0.5) is 13.2 Å². The molecule has 0 radical (unpaired) electrons. The number of nitrogens with zero attached hydrogens (tertiary/aromatic N) is 3. The van der Waals surface area contributed by atoms with Crippen molar-refractivity contribution < 1.29 is 18.0 Å². The van der Waals surface area contributed by atoms with Crippen molar-refractivity contribution in [1.82, 2.24) is 20.1 Å². The summed E-state index contributed by atoms with van der Waals surface area (Å²) < 4.78 is 37.5. The van der Waals surface area contributed by atoms with Gasteiger partial charge in [0.1, 0.15) is 5.69 Å². The minimum Gasteiger partial charge on any atom is -0.350 e. The highest BCUT2D eigenvalue weighted by molar-refractivity contribution is 7.09. The lowest BCUT2D eigenvalue weighted by molar-refractivity contribution is -0.137. The van der Waals surface area contributed by atoms with Crippen molar-refractivity contribution in [1.29, 1.82) is 0 Å². The molecule has 1 aliphatic heterocycles. The van der Waals surface area contributed by atoms with Gasteiger partial charge in [-0.2, -0.15) is 13.2 Å². The third-order valence-corrected chi connectivity index (χ3v) is 4.96. The van der Waals surface area contributed by atoms with Gasteiger partial charge < -0.3 is 15.1 Å². The maximum atomic E-state index is 12.5. The van der Waals surface area contributed by atoms with Crippen LogP contribution in [0.5, 0.6) is 0 Å². The SMILES string of the molecule is CCN1CCN(C[C@@H](C)CNC(=O)c2csc(C(F)(F)F)n2)CC1. The van der Waals surface area contributed by atoms with E-state index in [0.717, 1.165) is 44.6 Å². The Bertz CT molecular complexity index is 541. The summed E-state index contributed by atoms with van der Waals surface area (Å²) in [6, 6.07) is 0. The second-order valence-corrected chi connectivity index (χ2v) is 6.94. The molecule has 0 bridgehead atoms. The zero-order valence-electron chi connectivity index (χ0n) is 13.9. The van der Waals surface area contributed by atoms with Crippen molar-refractivity contribution in [2.24, 2.45) is 5.92 Å². The molecule has 2 rings (SSSR count). The van der Waals surface area contributed by atoms with Gasteiger partial charge in [-0.05, 0) is 12.5 Å². The Balaban J connectivity index is 1.74. The Morgan fingerprint density at radius 1 is 1.33 bits per heavy atom. The van der Waals surface area contributed by atoms with E-state index in [1.54, 1.807) is 0 Å². The fourth-order valence-corrected chi connectivity index (χ4v) is 3.33. The Hall–Kier alpha value is -1.19. The number of alkyl halides is 3. The van der Waals surface area contributed by atoms with E-state index in [4.69, 9.17) is 0 Å². The molecule has 0 spiro atoms. The third-order valence-electron chi connectivity index (χ3n) is 4.07. The number of amides is 1. The first kappa shape index (κ1) is 19.1. The summed E-state index contributed by atoms with van der Waals surface area (Å²) in [6.07, 6.45) is -4.50. The minimum atomic E-state index is -4.50. The molecule has 1 atom stereocenters. The Morgan fingerprint density at radius 2 is 1.96 bits per heavy atom. The number of carbonyl (C=O) groups excluding carboxylic acids is 1. The largest absolute Gasteiger partial charge is 0.443 e. The molecule has 5 nitrogen and oxygen atoms in total. The quantitative estimate of drug-likeness (QED) is 0.841. The van der Waals surface area contributed by atoms with Crippen LogP contribution < -0.4 is 5.32 Å². The predicted octanol–water partition coefficient (Wildman–Crippen LogP) is 2.17. The summed E-state index contributed by atoms with van der Waals surface area (Å²) in [7, 11) is 0. The van der Waals surface area contributed by atoms with E-state index in [1.165, 1.54) is 0 Å². The lowest BCUT2D eigenvalue weighted by atomic mass is 10.1. The zero-order chi connectivity index (χ0) is 17.7. The highest BCUT2D eigenvalue weighted by Crippen LogP contribution is 2.31. The second-order valence-electron chi connectivity index (χ2n) is 6.09. The topological polar surface area (TPSA) is 48.5 Å². The van der Waals surface area contributed by atoms with Crippen molar-refractivity contribution in [3.05, 3.63) is 16.1 Å². The van der Waals surface area contributed by atoms with Crippen molar-refractivity contribution >= 4 is 17.2 Å². The van der Waals surface area contributed by atoms with Crippen molar-refractivity contribution in [2.45, 2.75) is 20.0 Å². The van der Waals surface area contributed by atoms with Gasteiger partial charge in [0.15, 0.2) is 5.01 Å². The van der Waals surface area contributed by atoms with Crippen LogP contribution in [-0.4, -0.2) is 66.5 Å². The van der Waals surface area contributed by atoms with Crippen LogP contribution in [0.15, 0.2) is 5.38 Å². The van der Waals surface area contributed by atoms with Crippen LogP contribution in [0.1, 0.15) is 29.3 Å². The summed E-state index contributed by atoms with van der Waals surface area (Å²) in [5.41, 5.74) is -0.170. The highest BCUT2D eigenvalue weighted by atomic mass is 32.1. The van der Waals surface area contributed by atoms with Gasteiger partial charge in [-0.25, -0.2) is 4.98 Å². The number of piperazine rings is 1. The summed E-state index contributed by atoms with van der Waals surface area (Å²) in [4.78, 5) is 20.0. The molecule has 0 aromatic carbocycles. The molecular weight excluding hydrogens is 341 g/mol. The van der Waals surface area contributed by atoms with Crippen LogP contribution in [0.2, 0.25) is 0 Å². The standard InChI is InChI=1S/C15H23F3N4OS/c1-3-21-4-6-22(7-5-21)9-11(2)8-19-13(23)12-10-24-14(20-12)15(16,17)18/h10-11H,3-9H2,1-2H3,(H,19,23)/t11-/m0/s1. The van der Waals surface area contributed by atoms with Gasteiger partial charge in [0, 0.05) is 44.6 Å². The van der Waals surface area contributed by atoms with Crippen LogP contribution in [-0.2, 0) is 6.18 Å². The molecule has 0 saturated carbocycles. The first-order valence-corrected chi connectivity index (χ1v) is 8.93. The molecule has 1 aliphatic rings. The number of carbonyl (C=O) groups is 1. The number of nitrogens with one attached hydrogen (secondary N) is 1. The molecule has 1 aromatic heterocycles. The van der Waals surface area contributed by atoms with E-state index in [9.17, 15) is 18.0 Å². The maximum absolute atomic E-state index is 12.5. The average Bonchev–Trinajstić information content (AvgIpc) is 3.03. The molecule has 1 fully saturated rings. The van der Waals surface area contributed by atoms with Gasteiger partial charge in [-0.15, -0.1) is 11.3 Å². The molecule has 0 unspecified atom stereocenters. The molecular formula is C15H23F3N4OS. The number of halogens is 3. The van der Waals surface area contributed by atoms with Gasteiger partial charge in [0.05, 0.1) is 0 Å². The number of thiazole rings is 1. The van der Waals surface area contributed by atoms with Crippen LogP contribution >= 0.6 is 11.3 Å². The molecule has 9 heteroatoms. The Labute approximate surface area is 143 Å². The highest BCUT2D eigenvalue weighted by Gasteiger charge is 2.35. The smallest absolute Gasteiger partial charge is 0.350 e. The third kappa shape index (κ3) is 5.42. The van der Waals surface area contributed by atoms with E-state index in [0.29, 0.717) is 17.9 Å². The van der Waals surface area contributed by atoms with E-state index >= 15 is 0 Å². The molecule has 1 amide bonds. The number of rotatable bonds is 6. The first-order chi connectivity index (χ1) is 11.3. The minimum absolute atomic E-state index is 0.170. The predicted molar refractivity (Wildman–Crippen MR) is 87.2 cm³/mol. The van der Waals surface area contributed by atoms with Gasteiger partial charge in [0.2, 0.25) is 0 Å². The average molecular weight is 364 g/mol. The van der Waals surface area contributed by atoms with Crippen LogP contribution in [0, 0.1) is 5.92 Å². The van der Waals surface area contributed by atoms with Crippen LogP contribution in [0.25, 0.3) is 0 Å². The Kier molecular flexibility index (Phi) is 6.59. The van der Waals surface area contributed by atoms with Crippen molar-refractivity contribution in [3.8, 4) is 0 Å². The molecule has 2 heterocycles. The van der Waals surface area contributed by atoms with Crippen molar-refractivity contribution in [2.75, 3.05) is 45.8 Å². The molecule has 24 heavy (non-hydrogen) atoms. The zero-order valence-corrected chi connectivity index (χ0v) is 14.7. The van der Waals surface area contributed by atoms with E-state index in [1.807, 2.05) is 6.92 Å². The Morgan fingerprint density at radius 3 is 2.50 bits per heavy atom. The summed E-state index contributed by atoms with van der Waals surface area (Å²) in [5.74, 6) is -0.327. The van der Waals surface area contributed by atoms with Gasteiger partial charge in [-0.3, -0.25) is 4.79 Å². The molecule has 136 valence electrons. The lowest BCUT2D eigenvalue weighted by Gasteiger charge is -2.35. The second kappa shape index (κ2) is 8.26. The molecule has 1 saturated heterocycles. The van der Waals surface area contributed by atoms with E-state index in [2.05, 4.69) is 27.0 Å². The van der Waals surface area contributed by atoms with Gasteiger partial charge in [-0.1, -0.05) is 13.8 Å². The maximum Gasteiger partial charge on any atom is 0.443 e. The summed E-state index contributed by atoms with van der Waals surface area (Å²) in [5, 5.41) is 2.83. The number of hydrogen-bond donors (Lipinski definition) is 1. The number of aromatic nitrogens is 1. The monoisotopic (exact) mass is 364 g/mol. The van der Waals surface area contributed by atoms with E-state index < -0.39 is 17.1 Å². The number of likely N-dealkylation sites (N-methyl/N-ethyl adjacent to an activating group) is 1. The van der Waals surface area contributed by atoms with Crippen molar-refractivity contribution in [3.63, 3.8) is 0 Å². The summed E-state index contributed by atoms with van der Waals surface area (Å²) in [6.45, 7) is 10.6. The molecule has 1 N–H and O–H groups in total.